The number of carbonyl (C=O) groups excluding carboxylic acids is 1. The molecule has 31 heavy (non-hydrogen) atoms. The van der Waals surface area contributed by atoms with Crippen LogP contribution in [-0.4, -0.2) is 34.9 Å². The van der Waals surface area contributed by atoms with Crippen molar-refractivity contribution in [2.75, 3.05) is 6.61 Å². The first kappa shape index (κ1) is 30.1. The Morgan fingerprint density at radius 1 is 0.742 bits per heavy atom. The van der Waals surface area contributed by atoms with Gasteiger partial charge in [-0.3, -0.25) is 4.79 Å². The minimum Gasteiger partial charge on any atom is -0.394 e. The smallest absolute Gasteiger partial charge is 0.220 e. The number of hydrogen-bond donors (Lipinski definition) is 3. The summed E-state index contributed by atoms with van der Waals surface area (Å²) in [5.74, 6) is -0.0484. The van der Waals surface area contributed by atoms with Crippen molar-refractivity contribution in [1.29, 1.82) is 0 Å². The van der Waals surface area contributed by atoms with Gasteiger partial charge in [-0.1, -0.05) is 109 Å². The molecule has 0 bridgehead atoms. The molecule has 0 radical (unpaired) electrons. The lowest BCUT2D eigenvalue weighted by Gasteiger charge is -2.22. The average molecular weight is 440 g/mol. The third kappa shape index (κ3) is 20.8. The molecule has 0 heterocycles. The highest BCUT2D eigenvalue weighted by Crippen LogP contribution is 2.13. The summed E-state index contributed by atoms with van der Waals surface area (Å²) < 4.78 is 0. The standard InChI is InChI=1S/C27H53NO3/c1-3-5-7-9-11-13-15-17-19-21-23-27(31)28-25(24-29)26(30)22-20-18-16-14-12-10-8-6-4-2/h7,9,25-26,29-30H,3-6,8,10-24H2,1-2H3,(H,28,31)/b9-7-. The SMILES string of the molecule is CCC/C=C\CCCCCCCC(=O)NC(CO)C(O)CCCCCCCCCCC. The molecule has 0 rings (SSSR count). The highest BCUT2D eigenvalue weighted by molar-refractivity contribution is 5.76. The molecular formula is C27H53NO3. The molecular weight excluding hydrogens is 386 g/mol. The maximum atomic E-state index is 12.1. The molecule has 0 aromatic heterocycles. The van der Waals surface area contributed by atoms with E-state index in [9.17, 15) is 15.0 Å². The van der Waals surface area contributed by atoms with Gasteiger partial charge in [0.05, 0.1) is 18.8 Å². The van der Waals surface area contributed by atoms with Crippen molar-refractivity contribution in [2.24, 2.45) is 0 Å². The summed E-state index contributed by atoms with van der Waals surface area (Å²) in [7, 11) is 0. The number of amides is 1. The largest absolute Gasteiger partial charge is 0.394 e. The number of carbonyl (C=O) groups is 1. The van der Waals surface area contributed by atoms with Gasteiger partial charge in [0.25, 0.3) is 0 Å². The Bertz CT molecular complexity index is 411. The van der Waals surface area contributed by atoms with E-state index in [-0.39, 0.29) is 12.5 Å². The number of aliphatic hydroxyl groups excluding tert-OH is 2. The second-order valence-electron chi connectivity index (χ2n) is 9.11. The van der Waals surface area contributed by atoms with Crippen LogP contribution >= 0.6 is 0 Å². The molecule has 0 aromatic carbocycles. The molecule has 0 saturated heterocycles. The molecule has 1 amide bonds. The Labute approximate surface area is 193 Å². The van der Waals surface area contributed by atoms with Crippen LogP contribution in [0.15, 0.2) is 12.2 Å². The molecule has 3 N–H and O–H groups in total. The van der Waals surface area contributed by atoms with Crippen molar-refractivity contribution in [3.63, 3.8) is 0 Å². The molecule has 0 aliphatic heterocycles. The van der Waals surface area contributed by atoms with Crippen LogP contribution in [0.1, 0.15) is 136 Å². The van der Waals surface area contributed by atoms with Crippen LogP contribution in [0, 0.1) is 0 Å². The first-order valence-corrected chi connectivity index (χ1v) is 13.4. The zero-order chi connectivity index (χ0) is 23.0. The zero-order valence-corrected chi connectivity index (χ0v) is 20.8. The fourth-order valence-corrected chi connectivity index (χ4v) is 3.89. The van der Waals surface area contributed by atoms with E-state index in [0.29, 0.717) is 12.8 Å². The molecule has 184 valence electrons. The number of rotatable bonds is 23. The van der Waals surface area contributed by atoms with Crippen molar-refractivity contribution < 1.29 is 15.0 Å². The quantitative estimate of drug-likeness (QED) is 0.121. The summed E-state index contributed by atoms with van der Waals surface area (Å²) in [5, 5.41) is 22.7. The Morgan fingerprint density at radius 3 is 1.90 bits per heavy atom. The highest BCUT2D eigenvalue weighted by atomic mass is 16.3. The van der Waals surface area contributed by atoms with Crippen molar-refractivity contribution in [2.45, 2.75) is 148 Å². The van der Waals surface area contributed by atoms with E-state index in [1.807, 2.05) is 0 Å². The maximum Gasteiger partial charge on any atom is 0.220 e. The Kier molecular flexibility index (Phi) is 23.1. The third-order valence-corrected chi connectivity index (χ3v) is 6.01. The number of allylic oxidation sites excluding steroid dienone is 2. The maximum absolute atomic E-state index is 12.1. The lowest BCUT2D eigenvalue weighted by atomic mass is 10.0. The minimum absolute atomic E-state index is 0.0484. The van der Waals surface area contributed by atoms with Gasteiger partial charge in [0, 0.05) is 6.42 Å². The molecule has 4 nitrogen and oxygen atoms in total. The van der Waals surface area contributed by atoms with E-state index in [1.165, 1.54) is 77.0 Å². The van der Waals surface area contributed by atoms with Crippen molar-refractivity contribution in [3.05, 3.63) is 12.2 Å². The van der Waals surface area contributed by atoms with Crippen LogP contribution in [0.25, 0.3) is 0 Å². The number of hydrogen-bond acceptors (Lipinski definition) is 3. The van der Waals surface area contributed by atoms with Crippen LogP contribution in [0.3, 0.4) is 0 Å². The van der Waals surface area contributed by atoms with E-state index in [1.54, 1.807) is 0 Å². The highest BCUT2D eigenvalue weighted by Gasteiger charge is 2.19. The van der Waals surface area contributed by atoms with Crippen LogP contribution in [0.4, 0.5) is 0 Å². The van der Waals surface area contributed by atoms with Gasteiger partial charge in [-0.2, -0.15) is 0 Å². The molecule has 0 aliphatic carbocycles. The normalized spacial score (nSPS) is 13.5. The molecule has 0 saturated carbocycles. The van der Waals surface area contributed by atoms with Gasteiger partial charge >= 0.3 is 0 Å². The van der Waals surface area contributed by atoms with Crippen LogP contribution < -0.4 is 5.32 Å². The second-order valence-corrected chi connectivity index (χ2v) is 9.11. The number of unbranched alkanes of at least 4 members (excludes halogenated alkanes) is 14. The molecule has 0 aromatic rings. The first-order chi connectivity index (χ1) is 15.2. The van der Waals surface area contributed by atoms with Crippen molar-refractivity contribution in [3.8, 4) is 0 Å². The van der Waals surface area contributed by atoms with Crippen molar-refractivity contribution in [1.82, 2.24) is 5.32 Å². The summed E-state index contributed by atoms with van der Waals surface area (Å²) in [6, 6.07) is -0.531. The Balaban J connectivity index is 3.67. The summed E-state index contributed by atoms with van der Waals surface area (Å²) in [5.41, 5.74) is 0. The molecule has 0 spiro atoms. The number of nitrogens with one attached hydrogen (secondary N) is 1. The third-order valence-electron chi connectivity index (χ3n) is 6.01. The predicted octanol–water partition coefficient (Wildman–Crippen LogP) is 6.83. The van der Waals surface area contributed by atoms with Gasteiger partial charge in [0.2, 0.25) is 5.91 Å². The summed E-state index contributed by atoms with van der Waals surface area (Å²) in [6.45, 7) is 4.24. The van der Waals surface area contributed by atoms with Gasteiger partial charge in [0.15, 0.2) is 0 Å². The zero-order valence-electron chi connectivity index (χ0n) is 20.8. The van der Waals surface area contributed by atoms with E-state index >= 15 is 0 Å². The van der Waals surface area contributed by atoms with Gasteiger partial charge in [-0.05, 0) is 32.1 Å². The lowest BCUT2D eigenvalue weighted by molar-refractivity contribution is -0.123. The minimum atomic E-state index is -0.653. The molecule has 0 aliphatic rings. The van der Waals surface area contributed by atoms with E-state index in [2.05, 4.69) is 31.3 Å². The van der Waals surface area contributed by atoms with Crippen LogP contribution in [0.5, 0.6) is 0 Å². The Morgan fingerprint density at radius 2 is 1.29 bits per heavy atom. The molecule has 4 heteroatoms. The fourth-order valence-electron chi connectivity index (χ4n) is 3.89. The first-order valence-electron chi connectivity index (χ1n) is 13.4. The van der Waals surface area contributed by atoms with Gasteiger partial charge < -0.3 is 15.5 Å². The van der Waals surface area contributed by atoms with Crippen molar-refractivity contribution >= 4 is 5.91 Å². The van der Waals surface area contributed by atoms with Crippen LogP contribution in [-0.2, 0) is 4.79 Å². The summed E-state index contributed by atoms with van der Waals surface area (Å²) >= 11 is 0. The monoisotopic (exact) mass is 439 g/mol. The lowest BCUT2D eigenvalue weighted by Crippen LogP contribution is -2.45. The molecule has 0 fully saturated rings. The second kappa shape index (κ2) is 23.8. The van der Waals surface area contributed by atoms with E-state index in [4.69, 9.17) is 0 Å². The fraction of sp³-hybridized carbons (Fsp3) is 0.889. The van der Waals surface area contributed by atoms with Crippen LogP contribution in [0.2, 0.25) is 0 Å². The molecule has 2 unspecified atom stereocenters. The number of aliphatic hydroxyl groups is 2. The predicted molar refractivity (Wildman–Crippen MR) is 133 cm³/mol. The van der Waals surface area contributed by atoms with E-state index in [0.717, 1.165) is 32.1 Å². The van der Waals surface area contributed by atoms with Gasteiger partial charge in [-0.15, -0.1) is 0 Å². The summed E-state index contributed by atoms with van der Waals surface area (Å²) in [4.78, 5) is 12.1. The van der Waals surface area contributed by atoms with Gasteiger partial charge in [-0.25, -0.2) is 0 Å². The summed E-state index contributed by atoms with van der Waals surface area (Å²) in [6.07, 6.45) is 25.3. The Hall–Kier alpha value is -0.870. The van der Waals surface area contributed by atoms with E-state index < -0.39 is 12.1 Å². The average Bonchev–Trinajstić information content (AvgIpc) is 2.77. The molecule has 2 atom stereocenters. The van der Waals surface area contributed by atoms with Gasteiger partial charge in [0.1, 0.15) is 0 Å². The topological polar surface area (TPSA) is 69.6 Å².